The smallest absolute Gasteiger partial charge is 0.478 e. The number of fused-ring (bicyclic) bond motifs is 1. The summed E-state index contributed by atoms with van der Waals surface area (Å²) in [5.74, 6) is -2.44. The van der Waals surface area contributed by atoms with E-state index in [-0.39, 0.29) is 26.9 Å². The summed E-state index contributed by atoms with van der Waals surface area (Å²) in [6, 6.07) is 7.47. The Hall–Kier alpha value is -2.71. The number of carbonyl (C=O) groups excluding carboxylic acids is 1. The van der Waals surface area contributed by atoms with Gasteiger partial charge in [-0.05, 0) is 30.3 Å². The average molecular weight is 432 g/mol. The van der Waals surface area contributed by atoms with Crippen LogP contribution in [0.2, 0.25) is 10.0 Å². The van der Waals surface area contributed by atoms with E-state index in [2.05, 4.69) is 4.74 Å². The summed E-state index contributed by atoms with van der Waals surface area (Å²) < 4.78 is 42.5. The molecule has 0 bridgehead atoms. The second-order valence-corrected chi connectivity index (χ2v) is 6.56. The summed E-state index contributed by atoms with van der Waals surface area (Å²) in [5.41, 5.74) is -0.146. The van der Waals surface area contributed by atoms with E-state index >= 15 is 0 Å². The molecule has 0 fully saturated rings. The standard InChI is InChI=1S/C18H10Cl2F3NO4/c1-24-12-7-9(28-18(21,22)23)3-2-8(12)6-13(24)16(25)14-11(19)5-4-10(15(14)20)17(26)27/h2-7H,1H3,(H,26,27). The summed E-state index contributed by atoms with van der Waals surface area (Å²) in [6.07, 6.45) is -4.85. The monoisotopic (exact) mass is 431 g/mol. The number of rotatable bonds is 4. The second-order valence-electron chi connectivity index (χ2n) is 5.78. The molecule has 0 atom stereocenters. The Morgan fingerprint density at radius 1 is 1.11 bits per heavy atom. The molecule has 1 heterocycles. The van der Waals surface area contributed by atoms with Crippen molar-refractivity contribution >= 4 is 45.9 Å². The maximum atomic E-state index is 13.0. The van der Waals surface area contributed by atoms with Crippen molar-refractivity contribution in [3.8, 4) is 5.75 Å². The van der Waals surface area contributed by atoms with E-state index in [4.69, 9.17) is 23.2 Å². The third-order valence-electron chi connectivity index (χ3n) is 4.03. The van der Waals surface area contributed by atoms with E-state index in [1.54, 1.807) is 0 Å². The number of benzene rings is 2. The van der Waals surface area contributed by atoms with Crippen molar-refractivity contribution in [3.63, 3.8) is 0 Å². The van der Waals surface area contributed by atoms with Crippen molar-refractivity contribution < 1.29 is 32.6 Å². The maximum absolute atomic E-state index is 13.0. The number of aromatic carboxylic acids is 1. The molecule has 1 aromatic heterocycles. The third kappa shape index (κ3) is 3.65. The van der Waals surface area contributed by atoms with Crippen LogP contribution in [0, 0.1) is 0 Å². The lowest BCUT2D eigenvalue weighted by Crippen LogP contribution is -2.17. The summed E-state index contributed by atoms with van der Waals surface area (Å²) in [5, 5.41) is 9.28. The molecule has 0 aliphatic carbocycles. The number of hydrogen-bond acceptors (Lipinski definition) is 3. The summed E-state index contributed by atoms with van der Waals surface area (Å²) in [4.78, 5) is 24.2. The molecule has 0 saturated heterocycles. The van der Waals surface area contributed by atoms with Crippen LogP contribution in [-0.2, 0) is 7.05 Å². The first-order valence-electron chi connectivity index (χ1n) is 7.61. The zero-order valence-electron chi connectivity index (χ0n) is 14.0. The van der Waals surface area contributed by atoms with Crippen LogP contribution >= 0.6 is 23.2 Å². The lowest BCUT2D eigenvalue weighted by atomic mass is 10.0. The van der Waals surface area contributed by atoms with Crippen molar-refractivity contribution in [1.82, 2.24) is 4.57 Å². The Kier molecular flexibility index (Phi) is 5.03. The van der Waals surface area contributed by atoms with Crippen molar-refractivity contribution in [2.24, 2.45) is 7.05 Å². The van der Waals surface area contributed by atoms with Gasteiger partial charge in [0.1, 0.15) is 5.75 Å². The SMILES string of the molecule is Cn1c(C(=O)c2c(Cl)ccc(C(=O)O)c2Cl)cc2ccc(OC(F)(F)F)cc21. The number of aromatic nitrogens is 1. The van der Waals surface area contributed by atoms with Gasteiger partial charge in [-0.3, -0.25) is 4.79 Å². The van der Waals surface area contributed by atoms with Crippen LogP contribution in [0.3, 0.4) is 0 Å². The molecule has 3 rings (SSSR count). The van der Waals surface area contributed by atoms with Gasteiger partial charge in [0, 0.05) is 18.5 Å². The molecule has 0 amide bonds. The van der Waals surface area contributed by atoms with Gasteiger partial charge in [0.15, 0.2) is 0 Å². The fourth-order valence-corrected chi connectivity index (χ4v) is 3.40. The van der Waals surface area contributed by atoms with Crippen LogP contribution in [0.25, 0.3) is 10.9 Å². The number of carbonyl (C=O) groups is 2. The molecule has 2 aromatic carbocycles. The normalized spacial score (nSPS) is 11.6. The van der Waals surface area contributed by atoms with Gasteiger partial charge in [-0.15, -0.1) is 13.2 Å². The summed E-state index contributed by atoms with van der Waals surface area (Å²) in [6.45, 7) is 0. The zero-order valence-corrected chi connectivity index (χ0v) is 15.5. The van der Waals surface area contributed by atoms with Crippen LogP contribution in [0.5, 0.6) is 5.75 Å². The van der Waals surface area contributed by atoms with Gasteiger partial charge in [0.25, 0.3) is 0 Å². The molecule has 5 nitrogen and oxygen atoms in total. The minimum absolute atomic E-state index is 0.0497. The number of nitrogens with zero attached hydrogens (tertiary/aromatic N) is 1. The predicted molar refractivity (Wildman–Crippen MR) is 96.5 cm³/mol. The van der Waals surface area contributed by atoms with Gasteiger partial charge in [-0.25, -0.2) is 4.79 Å². The average Bonchev–Trinajstić information content (AvgIpc) is 2.89. The van der Waals surface area contributed by atoms with Crippen LogP contribution in [0.1, 0.15) is 26.4 Å². The van der Waals surface area contributed by atoms with E-state index in [1.807, 2.05) is 0 Å². The van der Waals surface area contributed by atoms with Crippen molar-refractivity contribution in [1.29, 1.82) is 0 Å². The van der Waals surface area contributed by atoms with Gasteiger partial charge < -0.3 is 14.4 Å². The molecule has 0 saturated carbocycles. The molecule has 0 aliphatic rings. The van der Waals surface area contributed by atoms with Crippen LogP contribution < -0.4 is 4.74 Å². The molecular formula is C18H10Cl2F3NO4. The molecule has 146 valence electrons. The molecule has 28 heavy (non-hydrogen) atoms. The lowest BCUT2D eigenvalue weighted by Gasteiger charge is -2.10. The highest BCUT2D eigenvalue weighted by atomic mass is 35.5. The van der Waals surface area contributed by atoms with Crippen molar-refractivity contribution in [2.75, 3.05) is 0 Å². The first-order chi connectivity index (χ1) is 13.0. The Bertz CT molecular complexity index is 1120. The quantitative estimate of drug-likeness (QED) is 0.568. The Morgan fingerprint density at radius 3 is 2.39 bits per heavy atom. The van der Waals surface area contributed by atoms with E-state index in [9.17, 15) is 27.9 Å². The number of carboxylic acid groups (broad SMARTS) is 1. The van der Waals surface area contributed by atoms with Crippen LogP contribution in [0.15, 0.2) is 36.4 Å². The van der Waals surface area contributed by atoms with E-state index in [0.29, 0.717) is 10.9 Å². The van der Waals surface area contributed by atoms with Gasteiger partial charge in [0.2, 0.25) is 5.78 Å². The molecule has 0 spiro atoms. The van der Waals surface area contributed by atoms with Gasteiger partial charge in [0.05, 0.1) is 32.4 Å². The maximum Gasteiger partial charge on any atom is 0.573 e. The number of hydrogen-bond donors (Lipinski definition) is 1. The lowest BCUT2D eigenvalue weighted by molar-refractivity contribution is -0.274. The first-order valence-corrected chi connectivity index (χ1v) is 8.36. The number of ketones is 1. The largest absolute Gasteiger partial charge is 0.573 e. The van der Waals surface area contributed by atoms with E-state index < -0.39 is 23.9 Å². The van der Waals surface area contributed by atoms with Crippen LogP contribution in [0.4, 0.5) is 13.2 Å². The van der Waals surface area contributed by atoms with Gasteiger partial charge in [-0.1, -0.05) is 23.2 Å². The molecule has 0 aliphatic heterocycles. The predicted octanol–water partition coefficient (Wildman–Crippen LogP) is 5.31. The number of ether oxygens (including phenoxy) is 1. The zero-order chi connectivity index (χ0) is 20.8. The summed E-state index contributed by atoms with van der Waals surface area (Å²) >= 11 is 12.1. The van der Waals surface area contributed by atoms with Gasteiger partial charge >= 0.3 is 12.3 Å². The highest BCUT2D eigenvalue weighted by Gasteiger charge is 2.31. The number of halogens is 5. The number of carboxylic acids is 1. The number of aryl methyl sites for hydroxylation is 1. The molecular weight excluding hydrogens is 422 g/mol. The Labute approximate surface area is 165 Å². The summed E-state index contributed by atoms with van der Waals surface area (Å²) in [7, 11) is 1.47. The third-order valence-corrected chi connectivity index (χ3v) is 4.74. The fourth-order valence-electron chi connectivity index (χ4n) is 2.78. The molecule has 3 aromatic rings. The minimum atomic E-state index is -4.85. The first kappa shape index (κ1) is 20.0. The van der Waals surface area contributed by atoms with E-state index in [1.165, 1.54) is 35.9 Å². The topological polar surface area (TPSA) is 68.5 Å². The molecule has 0 unspecified atom stereocenters. The Balaban J connectivity index is 2.12. The highest BCUT2D eigenvalue weighted by molar-refractivity contribution is 6.42. The van der Waals surface area contributed by atoms with Crippen molar-refractivity contribution in [3.05, 3.63) is 63.3 Å². The van der Waals surface area contributed by atoms with Gasteiger partial charge in [-0.2, -0.15) is 0 Å². The fraction of sp³-hybridized carbons (Fsp3) is 0.111. The second kappa shape index (κ2) is 7.03. The number of alkyl halides is 3. The highest BCUT2D eigenvalue weighted by Crippen LogP contribution is 2.33. The Morgan fingerprint density at radius 2 is 1.79 bits per heavy atom. The minimum Gasteiger partial charge on any atom is -0.478 e. The van der Waals surface area contributed by atoms with E-state index in [0.717, 1.165) is 12.1 Å². The molecule has 0 radical (unpaired) electrons. The molecule has 10 heteroatoms. The molecule has 1 N–H and O–H groups in total. The van der Waals surface area contributed by atoms with Crippen LogP contribution in [-0.4, -0.2) is 27.8 Å². The van der Waals surface area contributed by atoms with Crippen molar-refractivity contribution in [2.45, 2.75) is 6.36 Å².